The van der Waals surface area contributed by atoms with Gasteiger partial charge < -0.3 is 14.4 Å². The van der Waals surface area contributed by atoms with Crippen molar-refractivity contribution in [1.29, 1.82) is 0 Å². The van der Waals surface area contributed by atoms with Gasteiger partial charge in [-0.05, 0) is 30.7 Å². The standard InChI is InChI=1S/C9H12O5S.Na/c10-8-2-4-9(5-3-8)14-6-1-7-15(11,12)13;/h2-5,10H,1,6-7H2,(H,11,12,13);/q;+1/p-1. The van der Waals surface area contributed by atoms with Gasteiger partial charge in [0.25, 0.3) is 0 Å². The predicted molar refractivity (Wildman–Crippen MR) is 52.8 cm³/mol. The van der Waals surface area contributed by atoms with Crippen LogP contribution in [0.3, 0.4) is 0 Å². The number of aromatic hydroxyl groups is 1. The van der Waals surface area contributed by atoms with Crippen LogP contribution in [-0.4, -0.2) is 30.4 Å². The van der Waals surface area contributed by atoms with Crippen molar-refractivity contribution in [2.75, 3.05) is 12.4 Å². The molecule has 1 rings (SSSR count). The van der Waals surface area contributed by atoms with Crippen LogP contribution in [0.4, 0.5) is 0 Å². The molecule has 0 unspecified atom stereocenters. The molecule has 0 amide bonds. The van der Waals surface area contributed by atoms with Crippen molar-refractivity contribution >= 4 is 10.1 Å². The van der Waals surface area contributed by atoms with Gasteiger partial charge in [0.05, 0.1) is 16.7 Å². The molecule has 0 atom stereocenters. The van der Waals surface area contributed by atoms with E-state index in [-0.39, 0.29) is 48.3 Å². The fourth-order valence-electron chi connectivity index (χ4n) is 0.968. The molecule has 0 saturated heterocycles. The Morgan fingerprint density at radius 1 is 1.25 bits per heavy atom. The molecule has 84 valence electrons. The summed E-state index contributed by atoms with van der Waals surface area (Å²) >= 11 is 0. The molecule has 0 spiro atoms. The summed E-state index contributed by atoms with van der Waals surface area (Å²) in [6, 6.07) is 6.03. The molecular formula is C9H11NaO5S. The molecule has 0 aromatic heterocycles. The van der Waals surface area contributed by atoms with Crippen molar-refractivity contribution in [2.45, 2.75) is 6.42 Å². The van der Waals surface area contributed by atoms with Gasteiger partial charge in [0.1, 0.15) is 11.5 Å². The SMILES string of the molecule is O=S(=O)([O-])CCCOc1ccc(O)cc1.[Na+]. The van der Waals surface area contributed by atoms with Crippen molar-refractivity contribution in [2.24, 2.45) is 0 Å². The Balaban J connectivity index is 0.00000225. The van der Waals surface area contributed by atoms with Crippen LogP contribution >= 0.6 is 0 Å². The molecule has 0 aliphatic rings. The second kappa shape index (κ2) is 7.13. The normalized spacial score (nSPS) is 10.6. The Kier molecular flexibility index (Phi) is 7.01. The van der Waals surface area contributed by atoms with E-state index in [1.165, 1.54) is 12.1 Å². The topological polar surface area (TPSA) is 86.7 Å². The van der Waals surface area contributed by atoms with Crippen LogP contribution in [0.5, 0.6) is 11.5 Å². The Morgan fingerprint density at radius 3 is 2.31 bits per heavy atom. The summed E-state index contributed by atoms with van der Waals surface area (Å²) in [6.07, 6.45) is 0.159. The van der Waals surface area contributed by atoms with E-state index in [0.717, 1.165) is 0 Å². The quantitative estimate of drug-likeness (QED) is 0.363. The van der Waals surface area contributed by atoms with Crippen LogP contribution < -0.4 is 34.3 Å². The molecule has 5 nitrogen and oxygen atoms in total. The fraction of sp³-hybridized carbons (Fsp3) is 0.333. The third kappa shape index (κ3) is 7.08. The first-order valence-electron chi connectivity index (χ1n) is 4.33. The Morgan fingerprint density at radius 2 is 1.81 bits per heavy atom. The van der Waals surface area contributed by atoms with Gasteiger partial charge in [0.2, 0.25) is 0 Å². The Labute approximate surface area is 116 Å². The minimum atomic E-state index is -4.16. The first-order chi connectivity index (χ1) is 6.97. The van der Waals surface area contributed by atoms with Gasteiger partial charge in [-0.3, -0.25) is 0 Å². The zero-order valence-electron chi connectivity index (χ0n) is 8.92. The molecule has 16 heavy (non-hydrogen) atoms. The maximum atomic E-state index is 10.2. The van der Waals surface area contributed by atoms with E-state index in [1.54, 1.807) is 12.1 Å². The third-order valence-corrected chi connectivity index (χ3v) is 2.43. The summed E-state index contributed by atoms with van der Waals surface area (Å²) in [4.78, 5) is 0. The van der Waals surface area contributed by atoms with Gasteiger partial charge in [0, 0.05) is 5.75 Å². The van der Waals surface area contributed by atoms with Gasteiger partial charge in [-0.25, -0.2) is 8.42 Å². The number of hydrogen-bond donors (Lipinski definition) is 1. The molecule has 1 aromatic rings. The molecule has 0 fully saturated rings. The number of hydrogen-bond acceptors (Lipinski definition) is 5. The summed E-state index contributed by atoms with van der Waals surface area (Å²) in [6.45, 7) is 0.159. The molecule has 7 heteroatoms. The van der Waals surface area contributed by atoms with Crippen LogP contribution in [0.2, 0.25) is 0 Å². The van der Waals surface area contributed by atoms with Crippen molar-refractivity contribution in [3.05, 3.63) is 24.3 Å². The minimum absolute atomic E-state index is 0. The predicted octanol–water partition coefficient (Wildman–Crippen LogP) is -2.29. The minimum Gasteiger partial charge on any atom is -0.748 e. The van der Waals surface area contributed by atoms with E-state index >= 15 is 0 Å². The average Bonchev–Trinajstić information content (AvgIpc) is 2.14. The molecule has 0 aliphatic heterocycles. The van der Waals surface area contributed by atoms with E-state index in [9.17, 15) is 13.0 Å². The van der Waals surface area contributed by atoms with Gasteiger partial charge in [-0.1, -0.05) is 0 Å². The summed E-state index contributed by atoms with van der Waals surface area (Å²) in [7, 11) is -4.16. The number of rotatable bonds is 5. The number of phenols is 1. The van der Waals surface area contributed by atoms with Crippen LogP contribution in [0.1, 0.15) is 6.42 Å². The van der Waals surface area contributed by atoms with Crippen LogP contribution in [0, 0.1) is 0 Å². The molecule has 0 heterocycles. The number of benzene rings is 1. The molecule has 0 bridgehead atoms. The largest absolute Gasteiger partial charge is 1.00 e. The van der Waals surface area contributed by atoms with Crippen molar-refractivity contribution in [3.8, 4) is 11.5 Å². The van der Waals surface area contributed by atoms with Gasteiger partial charge >= 0.3 is 29.6 Å². The second-order valence-corrected chi connectivity index (χ2v) is 4.48. The van der Waals surface area contributed by atoms with E-state index in [2.05, 4.69) is 0 Å². The molecule has 0 saturated carbocycles. The molecule has 0 radical (unpaired) electrons. The summed E-state index contributed by atoms with van der Waals surface area (Å²) in [5.74, 6) is 0.228. The Bertz CT molecular complexity index is 400. The average molecular weight is 254 g/mol. The van der Waals surface area contributed by atoms with Gasteiger partial charge in [-0.15, -0.1) is 0 Å². The van der Waals surface area contributed by atoms with E-state index in [4.69, 9.17) is 9.84 Å². The first-order valence-corrected chi connectivity index (χ1v) is 5.90. The van der Waals surface area contributed by atoms with Crippen LogP contribution in [0.15, 0.2) is 24.3 Å². The van der Waals surface area contributed by atoms with Crippen molar-refractivity contribution in [1.82, 2.24) is 0 Å². The summed E-state index contributed by atoms with van der Waals surface area (Å²) in [5, 5.41) is 8.96. The molecule has 0 aliphatic carbocycles. The molecule has 1 N–H and O–H groups in total. The molecule has 1 aromatic carbocycles. The van der Waals surface area contributed by atoms with Crippen molar-refractivity contribution < 1.29 is 52.4 Å². The fourth-order valence-corrected chi connectivity index (χ4v) is 1.44. The maximum Gasteiger partial charge on any atom is 1.00 e. The van der Waals surface area contributed by atoms with E-state index < -0.39 is 15.9 Å². The van der Waals surface area contributed by atoms with Crippen LogP contribution in [0.25, 0.3) is 0 Å². The van der Waals surface area contributed by atoms with Gasteiger partial charge in [0.15, 0.2) is 0 Å². The third-order valence-electron chi connectivity index (χ3n) is 1.64. The zero-order valence-corrected chi connectivity index (χ0v) is 11.7. The Hall–Kier alpha value is -0.270. The van der Waals surface area contributed by atoms with E-state index in [1.807, 2.05) is 0 Å². The number of ether oxygens (including phenoxy) is 1. The van der Waals surface area contributed by atoms with Crippen LogP contribution in [-0.2, 0) is 10.1 Å². The summed E-state index contributed by atoms with van der Waals surface area (Å²) in [5.41, 5.74) is 0. The first kappa shape index (κ1) is 15.7. The zero-order chi connectivity index (χ0) is 11.3. The second-order valence-electron chi connectivity index (χ2n) is 2.96. The molecular weight excluding hydrogens is 243 g/mol. The smallest absolute Gasteiger partial charge is 0.748 e. The maximum absolute atomic E-state index is 10.2. The van der Waals surface area contributed by atoms with Gasteiger partial charge in [-0.2, -0.15) is 0 Å². The van der Waals surface area contributed by atoms with Crippen molar-refractivity contribution in [3.63, 3.8) is 0 Å². The monoisotopic (exact) mass is 254 g/mol. The van der Waals surface area contributed by atoms with E-state index in [0.29, 0.717) is 5.75 Å². The summed E-state index contributed by atoms with van der Waals surface area (Å²) < 4.78 is 35.9. The number of phenolic OH excluding ortho intramolecular Hbond substituents is 1.